The third-order valence-corrected chi connectivity index (χ3v) is 9.29. The Morgan fingerprint density at radius 3 is 2.47 bits per heavy atom. The van der Waals surface area contributed by atoms with Crippen LogP contribution in [0.5, 0.6) is 5.88 Å². The topological polar surface area (TPSA) is 105 Å². The molecule has 0 atom stereocenters. The highest BCUT2D eigenvalue weighted by Crippen LogP contribution is 2.42. The summed E-state index contributed by atoms with van der Waals surface area (Å²) in [6, 6.07) is 12.5. The number of aryl methyl sites for hydroxylation is 3. The van der Waals surface area contributed by atoms with Crippen LogP contribution >= 0.6 is 0 Å². The Hall–Kier alpha value is -4.53. The van der Waals surface area contributed by atoms with Gasteiger partial charge < -0.3 is 19.6 Å². The van der Waals surface area contributed by atoms with Gasteiger partial charge in [-0.2, -0.15) is 0 Å². The van der Waals surface area contributed by atoms with E-state index < -0.39 is 5.97 Å². The first-order valence-corrected chi connectivity index (χ1v) is 15.7. The number of nitrogens with zero attached hydrogens (tertiary/aromatic N) is 6. The first-order valence-electron chi connectivity index (χ1n) is 15.7. The van der Waals surface area contributed by atoms with E-state index >= 15 is 0 Å². The quantitative estimate of drug-likeness (QED) is 0.258. The number of hydrogen-bond donors (Lipinski definition) is 1. The monoisotopic (exact) mass is 606 g/mol. The Labute approximate surface area is 265 Å². The minimum atomic E-state index is -0.831. The van der Waals surface area contributed by atoms with Gasteiger partial charge in [0, 0.05) is 60.6 Å². The molecule has 9 nitrogen and oxygen atoms in total. The molecule has 6 rings (SSSR count). The summed E-state index contributed by atoms with van der Waals surface area (Å²) in [6.07, 6.45) is 4.65. The van der Waals surface area contributed by atoms with Gasteiger partial charge in [0.15, 0.2) is 0 Å². The average Bonchev–Trinajstić information content (AvgIpc) is 3.01. The van der Waals surface area contributed by atoms with Gasteiger partial charge in [-0.1, -0.05) is 32.0 Å². The van der Waals surface area contributed by atoms with Gasteiger partial charge in [-0.05, 0) is 80.3 Å². The van der Waals surface area contributed by atoms with Crippen LogP contribution in [0.25, 0.3) is 22.4 Å². The van der Waals surface area contributed by atoms with Gasteiger partial charge in [-0.15, -0.1) is 0 Å². The summed E-state index contributed by atoms with van der Waals surface area (Å²) in [7, 11) is 1.62. The molecule has 0 unspecified atom stereocenters. The van der Waals surface area contributed by atoms with Crippen molar-refractivity contribution in [3.8, 4) is 28.3 Å². The van der Waals surface area contributed by atoms with Crippen LogP contribution in [-0.4, -0.2) is 57.8 Å². The van der Waals surface area contributed by atoms with E-state index in [0.717, 1.165) is 89.6 Å². The number of carboxylic acid groups (broad SMARTS) is 1. The van der Waals surface area contributed by atoms with Crippen LogP contribution in [0.1, 0.15) is 60.5 Å². The fourth-order valence-electron chi connectivity index (χ4n) is 6.72. The van der Waals surface area contributed by atoms with E-state index in [1.54, 1.807) is 13.3 Å². The molecule has 2 aliphatic heterocycles. The molecule has 2 aliphatic rings. The lowest BCUT2D eigenvalue weighted by atomic mass is 9.82. The van der Waals surface area contributed by atoms with Crippen LogP contribution in [0, 0.1) is 26.2 Å². The maximum absolute atomic E-state index is 12.0. The molecule has 0 radical (unpaired) electrons. The Morgan fingerprint density at radius 2 is 1.73 bits per heavy atom. The van der Waals surface area contributed by atoms with Gasteiger partial charge in [0.05, 0.1) is 30.5 Å². The number of aliphatic carboxylic acids is 1. The van der Waals surface area contributed by atoms with E-state index in [0.29, 0.717) is 18.4 Å². The first kappa shape index (κ1) is 30.5. The summed E-state index contributed by atoms with van der Waals surface area (Å²) < 4.78 is 5.49. The number of benzene rings is 1. The molecular formula is C36H42N6O3. The summed E-state index contributed by atoms with van der Waals surface area (Å²) in [4.78, 5) is 35.6. The predicted molar refractivity (Wildman–Crippen MR) is 177 cm³/mol. The minimum Gasteiger partial charge on any atom is -0.481 e. The highest BCUT2D eigenvalue weighted by atomic mass is 16.5. The molecule has 3 aromatic heterocycles. The van der Waals surface area contributed by atoms with Crippen molar-refractivity contribution in [2.24, 2.45) is 5.41 Å². The fraction of sp³-hybridized carbons (Fsp3) is 0.417. The molecule has 0 saturated carbocycles. The van der Waals surface area contributed by atoms with Crippen molar-refractivity contribution in [3.63, 3.8) is 0 Å². The minimum absolute atomic E-state index is 0.0371. The van der Waals surface area contributed by atoms with Crippen molar-refractivity contribution in [1.29, 1.82) is 0 Å². The van der Waals surface area contributed by atoms with Crippen molar-refractivity contribution < 1.29 is 14.6 Å². The molecule has 1 aromatic carbocycles. The van der Waals surface area contributed by atoms with Crippen LogP contribution < -0.4 is 14.5 Å². The van der Waals surface area contributed by atoms with Gasteiger partial charge in [-0.3, -0.25) is 9.78 Å². The number of carboxylic acids is 1. The lowest BCUT2D eigenvalue weighted by Gasteiger charge is -2.40. The molecule has 1 saturated heterocycles. The number of pyridine rings is 2. The van der Waals surface area contributed by atoms with E-state index in [9.17, 15) is 9.90 Å². The van der Waals surface area contributed by atoms with Gasteiger partial charge in [0.2, 0.25) is 11.8 Å². The molecule has 1 N–H and O–H groups in total. The van der Waals surface area contributed by atoms with E-state index in [2.05, 4.69) is 53.8 Å². The lowest BCUT2D eigenvalue weighted by molar-refractivity contribution is -0.136. The van der Waals surface area contributed by atoms with Crippen molar-refractivity contribution in [3.05, 3.63) is 76.4 Å². The number of fused-ring (bicyclic) bond motifs is 1. The van der Waals surface area contributed by atoms with Crippen molar-refractivity contribution in [2.45, 2.75) is 66.8 Å². The number of rotatable bonds is 7. The number of methoxy groups -OCH3 is 1. The molecule has 0 amide bonds. The number of aromatic nitrogens is 4. The number of ether oxygens (including phenoxy) is 1. The van der Waals surface area contributed by atoms with Crippen LogP contribution in [0.4, 0.5) is 11.6 Å². The van der Waals surface area contributed by atoms with E-state index in [1.807, 2.05) is 32.0 Å². The maximum Gasteiger partial charge on any atom is 0.307 e. The molecule has 5 heterocycles. The summed E-state index contributed by atoms with van der Waals surface area (Å²) >= 11 is 0. The van der Waals surface area contributed by atoms with E-state index in [4.69, 9.17) is 19.7 Å². The van der Waals surface area contributed by atoms with Crippen LogP contribution in [-0.2, 0) is 24.2 Å². The SMILES string of the molecule is COc1ncccc1-c1cc(C)nc(N2CCc3cc(-c4c(C)nc(C)c(CC(=O)O)c4N4CCC(C)(C)CC4)ccc3C2)n1. The zero-order chi connectivity index (χ0) is 31.9. The Morgan fingerprint density at radius 1 is 0.956 bits per heavy atom. The summed E-state index contributed by atoms with van der Waals surface area (Å²) in [5.41, 5.74) is 11.1. The Balaban J connectivity index is 1.35. The van der Waals surface area contributed by atoms with Gasteiger partial charge in [-0.25, -0.2) is 15.0 Å². The first-order chi connectivity index (χ1) is 21.5. The Bertz CT molecular complexity index is 1760. The van der Waals surface area contributed by atoms with Crippen LogP contribution in [0.15, 0.2) is 42.6 Å². The third kappa shape index (κ3) is 6.21. The molecular weight excluding hydrogens is 564 g/mol. The normalized spacial score (nSPS) is 16.0. The maximum atomic E-state index is 12.0. The van der Waals surface area contributed by atoms with Crippen molar-refractivity contribution in [2.75, 3.05) is 36.5 Å². The second kappa shape index (κ2) is 12.1. The molecule has 9 heteroatoms. The molecule has 234 valence electrons. The summed E-state index contributed by atoms with van der Waals surface area (Å²) in [5.74, 6) is 0.401. The molecule has 1 fully saturated rings. The van der Waals surface area contributed by atoms with Crippen molar-refractivity contribution >= 4 is 17.6 Å². The highest BCUT2D eigenvalue weighted by molar-refractivity contribution is 5.86. The summed E-state index contributed by atoms with van der Waals surface area (Å²) in [5, 5.41) is 9.86. The number of carbonyl (C=O) groups is 1. The molecule has 0 aliphatic carbocycles. The highest BCUT2D eigenvalue weighted by Gasteiger charge is 2.31. The van der Waals surface area contributed by atoms with Crippen molar-refractivity contribution in [1.82, 2.24) is 19.9 Å². The molecule has 4 aromatic rings. The largest absolute Gasteiger partial charge is 0.481 e. The van der Waals surface area contributed by atoms with Gasteiger partial charge in [0.25, 0.3) is 0 Å². The lowest BCUT2D eigenvalue weighted by Crippen LogP contribution is -2.38. The summed E-state index contributed by atoms with van der Waals surface area (Å²) in [6.45, 7) is 13.9. The fourth-order valence-corrected chi connectivity index (χ4v) is 6.72. The Kier molecular flexibility index (Phi) is 8.20. The van der Waals surface area contributed by atoms with E-state index in [-0.39, 0.29) is 11.8 Å². The average molecular weight is 607 g/mol. The number of anilines is 2. The second-order valence-electron chi connectivity index (χ2n) is 13.1. The van der Waals surface area contributed by atoms with E-state index in [1.165, 1.54) is 11.1 Å². The zero-order valence-electron chi connectivity index (χ0n) is 27.1. The number of hydrogen-bond acceptors (Lipinski definition) is 8. The molecule has 45 heavy (non-hydrogen) atoms. The third-order valence-electron chi connectivity index (χ3n) is 9.29. The number of piperidine rings is 1. The zero-order valence-corrected chi connectivity index (χ0v) is 27.1. The molecule has 0 bridgehead atoms. The van der Waals surface area contributed by atoms with Crippen LogP contribution in [0.2, 0.25) is 0 Å². The predicted octanol–water partition coefficient (Wildman–Crippen LogP) is 6.35. The standard InChI is InChI=1S/C36H42N6O3/c1-22-18-30(28-8-7-14-37-34(28)45-6)40-35(38-22)42-15-11-25-19-26(9-10-27(25)21-42)32-24(3)39-23(2)29(20-31(43)44)33(32)41-16-12-36(4,5)13-17-41/h7-10,14,18-19H,11-13,15-17,20-21H2,1-6H3,(H,43,44). The van der Waals surface area contributed by atoms with Crippen LogP contribution in [0.3, 0.4) is 0 Å². The molecule has 0 spiro atoms. The smallest absolute Gasteiger partial charge is 0.307 e. The van der Waals surface area contributed by atoms with Gasteiger partial charge >= 0.3 is 5.97 Å². The second-order valence-corrected chi connectivity index (χ2v) is 13.1. The van der Waals surface area contributed by atoms with Gasteiger partial charge in [0.1, 0.15) is 0 Å².